The summed E-state index contributed by atoms with van der Waals surface area (Å²) in [6, 6.07) is 0.271. The van der Waals surface area contributed by atoms with Crippen LogP contribution in [0.3, 0.4) is 0 Å². The molecule has 2 unspecified atom stereocenters. The smallest absolute Gasteiger partial charge is 0.224 e. The van der Waals surface area contributed by atoms with Gasteiger partial charge in [-0.15, -0.1) is 0 Å². The Morgan fingerprint density at radius 1 is 1.73 bits per heavy atom. The fourth-order valence-electron chi connectivity index (χ4n) is 1.70. The molecular formula is C7H11N3O. The average molecular weight is 153 g/mol. The van der Waals surface area contributed by atoms with Crippen LogP contribution in [0.4, 0.5) is 0 Å². The second-order valence-corrected chi connectivity index (χ2v) is 2.97. The van der Waals surface area contributed by atoms with E-state index in [1.54, 1.807) is 0 Å². The van der Waals surface area contributed by atoms with Crippen molar-refractivity contribution in [2.24, 2.45) is 11.7 Å². The Kier molecular flexibility index (Phi) is 1.35. The van der Waals surface area contributed by atoms with Crippen molar-refractivity contribution in [3.8, 4) is 0 Å². The number of hydrogen-bond acceptors (Lipinski definition) is 3. The highest BCUT2D eigenvalue weighted by atomic mass is 16.1. The number of amides is 1. The van der Waals surface area contributed by atoms with Crippen molar-refractivity contribution in [2.75, 3.05) is 6.54 Å². The first-order chi connectivity index (χ1) is 5.29. The molecule has 2 rings (SSSR count). The van der Waals surface area contributed by atoms with E-state index in [1.807, 2.05) is 17.3 Å². The first kappa shape index (κ1) is 6.67. The molecule has 0 aromatic carbocycles. The van der Waals surface area contributed by atoms with Crippen molar-refractivity contribution in [3.05, 3.63) is 12.3 Å². The van der Waals surface area contributed by atoms with Crippen LogP contribution in [0.2, 0.25) is 0 Å². The normalized spacial score (nSPS) is 34.4. The molecule has 4 nitrogen and oxygen atoms in total. The largest absolute Gasteiger partial charge is 0.369 e. The predicted octanol–water partition coefficient (Wildman–Crippen LogP) is -0.806. The molecule has 3 N–H and O–H groups in total. The predicted molar refractivity (Wildman–Crippen MR) is 40.1 cm³/mol. The summed E-state index contributed by atoms with van der Waals surface area (Å²) in [7, 11) is 0. The van der Waals surface area contributed by atoms with Gasteiger partial charge in [-0.1, -0.05) is 6.08 Å². The van der Waals surface area contributed by atoms with E-state index < -0.39 is 0 Å². The van der Waals surface area contributed by atoms with Gasteiger partial charge in [-0.05, 0) is 6.42 Å². The van der Waals surface area contributed by atoms with Crippen LogP contribution in [0.15, 0.2) is 12.3 Å². The van der Waals surface area contributed by atoms with Gasteiger partial charge in [-0.25, -0.2) is 5.43 Å². The molecule has 60 valence electrons. The number of fused-ring (bicyclic) bond motifs is 1. The van der Waals surface area contributed by atoms with E-state index >= 15 is 0 Å². The Morgan fingerprint density at radius 3 is 3.27 bits per heavy atom. The lowest BCUT2D eigenvalue weighted by atomic mass is 10.00. The van der Waals surface area contributed by atoms with Gasteiger partial charge < -0.3 is 10.7 Å². The van der Waals surface area contributed by atoms with E-state index in [2.05, 4.69) is 5.43 Å². The third kappa shape index (κ3) is 0.903. The van der Waals surface area contributed by atoms with Gasteiger partial charge in [0.2, 0.25) is 5.91 Å². The van der Waals surface area contributed by atoms with Gasteiger partial charge in [0.1, 0.15) is 0 Å². The zero-order valence-corrected chi connectivity index (χ0v) is 6.16. The molecule has 0 aromatic heterocycles. The second kappa shape index (κ2) is 2.23. The van der Waals surface area contributed by atoms with Crippen LogP contribution >= 0.6 is 0 Å². The quantitative estimate of drug-likeness (QED) is 0.518. The monoisotopic (exact) mass is 153 g/mol. The number of rotatable bonds is 1. The summed E-state index contributed by atoms with van der Waals surface area (Å²) in [5.74, 6) is -0.223. The fraction of sp³-hybridized carbons (Fsp3) is 0.571. The molecule has 0 spiro atoms. The number of hydrazine groups is 1. The van der Waals surface area contributed by atoms with E-state index in [-0.39, 0.29) is 17.9 Å². The molecule has 2 heterocycles. The zero-order chi connectivity index (χ0) is 7.84. The second-order valence-electron chi connectivity index (χ2n) is 2.97. The summed E-state index contributed by atoms with van der Waals surface area (Å²) in [5, 5.41) is 1.97. The molecule has 2 atom stereocenters. The Hall–Kier alpha value is -1.03. The van der Waals surface area contributed by atoms with E-state index in [0.29, 0.717) is 6.54 Å². The van der Waals surface area contributed by atoms with Crippen LogP contribution in [0.5, 0.6) is 0 Å². The SMILES string of the molecule is NC(=O)C1CNN2C=CCC12. The molecule has 1 amide bonds. The number of nitrogens with one attached hydrogen (secondary N) is 1. The van der Waals surface area contributed by atoms with Crippen LogP contribution in [0.1, 0.15) is 6.42 Å². The van der Waals surface area contributed by atoms with Crippen LogP contribution in [0, 0.1) is 5.92 Å². The molecule has 4 heteroatoms. The maximum Gasteiger partial charge on any atom is 0.224 e. The van der Waals surface area contributed by atoms with E-state index in [1.165, 1.54) is 0 Å². The van der Waals surface area contributed by atoms with Crippen molar-refractivity contribution < 1.29 is 4.79 Å². The minimum absolute atomic E-state index is 0.0231. The van der Waals surface area contributed by atoms with E-state index in [0.717, 1.165) is 6.42 Å². The van der Waals surface area contributed by atoms with Gasteiger partial charge in [0, 0.05) is 12.7 Å². The number of primary amides is 1. The summed E-state index contributed by atoms with van der Waals surface area (Å²) >= 11 is 0. The number of carbonyl (C=O) groups is 1. The Labute approximate surface area is 65.0 Å². The molecule has 0 aliphatic carbocycles. The van der Waals surface area contributed by atoms with Gasteiger partial charge in [0.05, 0.1) is 12.0 Å². The molecule has 11 heavy (non-hydrogen) atoms. The van der Waals surface area contributed by atoms with Gasteiger partial charge in [0.25, 0.3) is 0 Å². The maximum absolute atomic E-state index is 10.9. The minimum atomic E-state index is -0.200. The summed E-state index contributed by atoms with van der Waals surface area (Å²) < 4.78 is 0. The fourth-order valence-corrected chi connectivity index (χ4v) is 1.70. The van der Waals surface area contributed by atoms with Crippen molar-refractivity contribution in [2.45, 2.75) is 12.5 Å². The highest BCUT2D eigenvalue weighted by Gasteiger charge is 2.37. The van der Waals surface area contributed by atoms with Crippen LogP contribution in [-0.2, 0) is 4.79 Å². The third-order valence-electron chi connectivity index (χ3n) is 2.32. The van der Waals surface area contributed by atoms with Gasteiger partial charge in [-0.2, -0.15) is 0 Å². The highest BCUT2D eigenvalue weighted by molar-refractivity contribution is 5.78. The van der Waals surface area contributed by atoms with Crippen LogP contribution in [-0.4, -0.2) is 23.5 Å². The Bertz CT molecular complexity index is 214. The van der Waals surface area contributed by atoms with Crippen LogP contribution < -0.4 is 11.2 Å². The summed E-state index contributed by atoms with van der Waals surface area (Å²) in [5.41, 5.74) is 8.32. The number of nitrogens with zero attached hydrogens (tertiary/aromatic N) is 1. The maximum atomic E-state index is 10.9. The standard InChI is InChI=1S/C7H11N3O/c8-7(11)5-4-9-10-3-1-2-6(5)10/h1,3,5-6,9H,2,4H2,(H2,8,11). The summed E-state index contributed by atoms with van der Waals surface area (Å²) in [6.07, 6.45) is 4.95. The average Bonchev–Trinajstić information content (AvgIpc) is 2.41. The van der Waals surface area contributed by atoms with Crippen molar-refractivity contribution >= 4 is 5.91 Å². The lowest BCUT2D eigenvalue weighted by molar-refractivity contribution is -0.121. The highest BCUT2D eigenvalue weighted by Crippen LogP contribution is 2.24. The molecule has 0 saturated carbocycles. The van der Waals surface area contributed by atoms with E-state index in [4.69, 9.17) is 5.73 Å². The number of nitrogens with two attached hydrogens (primary N) is 1. The number of hydrogen-bond donors (Lipinski definition) is 2. The number of carbonyl (C=O) groups excluding carboxylic acids is 1. The molecule has 0 bridgehead atoms. The summed E-state index contributed by atoms with van der Waals surface area (Å²) in [6.45, 7) is 0.685. The van der Waals surface area contributed by atoms with E-state index in [9.17, 15) is 4.79 Å². The van der Waals surface area contributed by atoms with Crippen LogP contribution in [0.25, 0.3) is 0 Å². The Morgan fingerprint density at radius 2 is 2.55 bits per heavy atom. The topological polar surface area (TPSA) is 58.4 Å². The van der Waals surface area contributed by atoms with Gasteiger partial charge in [0.15, 0.2) is 0 Å². The molecule has 1 saturated heterocycles. The lowest BCUT2D eigenvalue weighted by Crippen LogP contribution is -2.34. The van der Waals surface area contributed by atoms with Crippen molar-refractivity contribution in [1.29, 1.82) is 0 Å². The molecule has 1 fully saturated rings. The molecule has 2 aliphatic heterocycles. The molecule has 0 aromatic rings. The summed E-state index contributed by atoms with van der Waals surface area (Å²) in [4.78, 5) is 10.9. The lowest BCUT2D eigenvalue weighted by Gasteiger charge is -2.17. The third-order valence-corrected chi connectivity index (χ3v) is 2.32. The molecule has 0 radical (unpaired) electrons. The molecule has 2 aliphatic rings. The molecular weight excluding hydrogens is 142 g/mol. The first-order valence-electron chi connectivity index (χ1n) is 3.77. The van der Waals surface area contributed by atoms with Gasteiger partial charge in [-0.3, -0.25) is 4.79 Å². The first-order valence-corrected chi connectivity index (χ1v) is 3.77. The zero-order valence-electron chi connectivity index (χ0n) is 6.16. The van der Waals surface area contributed by atoms with Gasteiger partial charge >= 0.3 is 0 Å². The van der Waals surface area contributed by atoms with Crippen molar-refractivity contribution in [3.63, 3.8) is 0 Å². The minimum Gasteiger partial charge on any atom is -0.369 e. The Balaban J connectivity index is 2.12. The van der Waals surface area contributed by atoms with Crippen molar-refractivity contribution in [1.82, 2.24) is 10.4 Å².